The highest BCUT2D eigenvalue weighted by Crippen LogP contribution is 2.15. The Balaban J connectivity index is 3.11. The maximum absolute atomic E-state index is 12.1. The minimum atomic E-state index is -4.04. The molecule has 10 heavy (non-hydrogen) atoms. The minimum absolute atomic E-state index is 0.271. The molecule has 1 aliphatic heterocycles. The Kier molecular flexibility index (Phi) is 1.40. The quantitative estimate of drug-likeness (QED) is 0.534. The van der Waals surface area contributed by atoms with Crippen LogP contribution < -0.4 is 0 Å². The van der Waals surface area contributed by atoms with Crippen LogP contribution in [-0.4, -0.2) is 13.5 Å². The Hall–Kier alpha value is -1.04. The lowest BCUT2D eigenvalue weighted by Crippen LogP contribution is -2.05. The molecule has 4 nitrogen and oxygen atoms in total. The lowest BCUT2D eigenvalue weighted by Gasteiger charge is -2.04. The first-order valence-electron chi connectivity index (χ1n) is 2.22. The summed E-state index contributed by atoms with van der Waals surface area (Å²) in [6.45, 7) is 0. The molecule has 0 saturated heterocycles. The van der Waals surface area contributed by atoms with Crippen molar-refractivity contribution in [3.05, 3.63) is 23.3 Å². The Morgan fingerprint density at radius 2 is 2.20 bits per heavy atom. The van der Waals surface area contributed by atoms with Gasteiger partial charge in [-0.2, -0.15) is 8.42 Å². The van der Waals surface area contributed by atoms with Gasteiger partial charge in [0.2, 0.25) is 0 Å². The van der Waals surface area contributed by atoms with E-state index in [4.69, 9.17) is 5.11 Å². The van der Waals surface area contributed by atoms with Gasteiger partial charge >= 0.3 is 10.1 Å². The van der Waals surface area contributed by atoms with Gasteiger partial charge in [-0.25, -0.2) is 4.39 Å². The third-order valence-electron chi connectivity index (χ3n) is 0.720. The fourth-order valence-electron chi connectivity index (χ4n) is 0.457. The Labute approximate surface area is 56.4 Å². The first-order chi connectivity index (χ1) is 4.49. The maximum atomic E-state index is 12.1. The highest BCUT2D eigenvalue weighted by atomic mass is 32.2. The SMILES string of the molecule is O=S1(=O)C=C(F)C=C(O)O1. The molecule has 0 aliphatic carbocycles. The first kappa shape index (κ1) is 7.07. The van der Waals surface area contributed by atoms with Gasteiger partial charge in [-0.3, -0.25) is 0 Å². The van der Waals surface area contributed by atoms with Gasteiger partial charge in [0.1, 0.15) is 11.2 Å². The van der Waals surface area contributed by atoms with E-state index in [1.54, 1.807) is 0 Å². The van der Waals surface area contributed by atoms with Crippen molar-refractivity contribution in [1.82, 2.24) is 0 Å². The number of hydrogen-bond donors (Lipinski definition) is 1. The second kappa shape index (κ2) is 1.98. The van der Waals surface area contributed by atoms with Crippen LogP contribution >= 0.6 is 0 Å². The van der Waals surface area contributed by atoms with E-state index in [2.05, 4.69) is 4.18 Å². The highest BCUT2D eigenvalue weighted by molar-refractivity contribution is 7.89. The molecule has 0 aromatic carbocycles. The van der Waals surface area contributed by atoms with E-state index in [-0.39, 0.29) is 5.41 Å². The monoisotopic (exact) mass is 166 g/mol. The Bertz CT molecular complexity index is 299. The lowest BCUT2D eigenvalue weighted by molar-refractivity contribution is 0.212. The van der Waals surface area contributed by atoms with Gasteiger partial charge in [0.05, 0.1) is 6.08 Å². The molecule has 0 saturated carbocycles. The van der Waals surface area contributed by atoms with E-state index >= 15 is 0 Å². The number of allylic oxidation sites excluding steroid dienone is 2. The summed E-state index contributed by atoms with van der Waals surface area (Å²) in [5.74, 6) is -2.01. The van der Waals surface area contributed by atoms with Crippen molar-refractivity contribution in [3.8, 4) is 0 Å². The number of rotatable bonds is 0. The van der Waals surface area contributed by atoms with Crippen LogP contribution in [0.15, 0.2) is 23.3 Å². The largest absolute Gasteiger partial charge is 0.480 e. The van der Waals surface area contributed by atoms with Crippen LogP contribution in [0, 0.1) is 0 Å². The highest BCUT2D eigenvalue weighted by Gasteiger charge is 2.17. The molecule has 1 heterocycles. The summed E-state index contributed by atoms with van der Waals surface area (Å²) in [6, 6.07) is 0. The molecule has 0 atom stereocenters. The number of aliphatic hydroxyl groups is 1. The Morgan fingerprint density at radius 3 is 2.60 bits per heavy atom. The zero-order valence-corrected chi connectivity index (χ0v) is 5.43. The average molecular weight is 166 g/mol. The fraction of sp³-hybridized carbons (Fsp3) is 0. The molecule has 56 valence electrons. The maximum Gasteiger partial charge on any atom is 0.337 e. The van der Waals surface area contributed by atoms with Gasteiger partial charge in [0.15, 0.2) is 0 Å². The molecule has 0 spiro atoms. The number of hydrogen-bond acceptors (Lipinski definition) is 4. The molecular weight excluding hydrogens is 163 g/mol. The van der Waals surface area contributed by atoms with E-state index in [0.717, 1.165) is 0 Å². The summed E-state index contributed by atoms with van der Waals surface area (Å²) in [7, 11) is -4.04. The minimum Gasteiger partial charge on any atom is -0.480 e. The van der Waals surface area contributed by atoms with Crippen molar-refractivity contribution in [2.24, 2.45) is 0 Å². The van der Waals surface area contributed by atoms with E-state index < -0.39 is 21.9 Å². The zero-order valence-electron chi connectivity index (χ0n) is 4.61. The van der Waals surface area contributed by atoms with Crippen molar-refractivity contribution in [3.63, 3.8) is 0 Å². The van der Waals surface area contributed by atoms with Gasteiger partial charge in [-0.15, -0.1) is 0 Å². The molecule has 0 bridgehead atoms. The Morgan fingerprint density at radius 1 is 1.60 bits per heavy atom. The number of aliphatic hydroxyl groups excluding tert-OH is 1. The second-order valence-electron chi connectivity index (χ2n) is 1.56. The van der Waals surface area contributed by atoms with E-state index in [0.29, 0.717) is 6.08 Å². The van der Waals surface area contributed by atoms with Gasteiger partial charge in [-0.1, -0.05) is 0 Å². The standard InChI is InChI=1S/C4H3FO4S/c5-3-1-4(6)9-10(7,8)2-3/h1-2,6H. The van der Waals surface area contributed by atoms with Crippen LogP contribution in [0.1, 0.15) is 0 Å². The lowest BCUT2D eigenvalue weighted by atomic mass is 10.5. The normalized spacial score (nSPS) is 22.5. The van der Waals surface area contributed by atoms with Crippen LogP contribution in [-0.2, 0) is 14.3 Å². The van der Waals surface area contributed by atoms with Crippen LogP contribution in [0.5, 0.6) is 0 Å². The molecule has 0 fully saturated rings. The topological polar surface area (TPSA) is 63.6 Å². The van der Waals surface area contributed by atoms with Crippen molar-refractivity contribution < 1.29 is 22.1 Å². The second-order valence-corrected chi connectivity index (χ2v) is 2.95. The predicted octanol–water partition coefficient (Wildman–Crippen LogP) is 0.557. The van der Waals surface area contributed by atoms with Crippen LogP contribution in [0.4, 0.5) is 4.39 Å². The predicted molar refractivity (Wildman–Crippen MR) is 29.9 cm³/mol. The van der Waals surface area contributed by atoms with Gasteiger partial charge in [0, 0.05) is 0 Å². The summed E-state index contributed by atoms with van der Waals surface area (Å²) in [5.41, 5.74) is 0. The van der Waals surface area contributed by atoms with Crippen molar-refractivity contribution >= 4 is 10.1 Å². The summed E-state index contributed by atoms with van der Waals surface area (Å²) >= 11 is 0. The molecule has 0 amide bonds. The molecular formula is C4H3FO4S. The summed E-state index contributed by atoms with van der Waals surface area (Å²) in [4.78, 5) is 0. The van der Waals surface area contributed by atoms with Crippen LogP contribution in [0.3, 0.4) is 0 Å². The summed E-state index contributed by atoms with van der Waals surface area (Å²) in [5, 5.41) is 8.66. The molecule has 1 N–H and O–H groups in total. The van der Waals surface area contributed by atoms with E-state index in [1.165, 1.54) is 0 Å². The summed E-state index contributed by atoms with van der Waals surface area (Å²) in [6.07, 6.45) is 0.557. The van der Waals surface area contributed by atoms with Crippen molar-refractivity contribution in [2.45, 2.75) is 0 Å². The zero-order chi connectivity index (χ0) is 7.78. The molecule has 0 aromatic heterocycles. The molecule has 1 aliphatic rings. The molecule has 0 radical (unpaired) electrons. The smallest absolute Gasteiger partial charge is 0.337 e. The third kappa shape index (κ3) is 1.47. The average Bonchev–Trinajstić information content (AvgIpc) is 1.54. The fourth-order valence-corrected chi connectivity index (χ4v) is 1.14. The van der Waals surface area contributed by atoms with Crippen molar-refractivity contribution in [1.29, 1.82) is 0 Å². The number of halogens is 1. The van der Waals surface area contributed by atoms with Crippen molar-refractivity contribution in [2.75, 3.05) is 0 Å². The van der Waals surface area contributed by atoms with E-state index in [9.17, 15) is 12.8 Å². The van der Waals surface area contributed by atoms with Gasteiger partial charge < -0.3 is 9.29 Å². The van der Waals surface area contributed by atoms with Gasteiger partial charge in [-0.05, 0) is 0 Å². The van der Waals surface area contributed by atoms with Crippen LogP contribution in [0.25, 0.3) is 0 Å². The van der Waals surface area contributed by atoms with Crippen LogP contribution in [0.2, 0.25) is 0 Å². The molecule has 6 heteroatoms. The van der Waals surface area contributed by atoms with Gasteiger partial charge in [0.25, 0.3) is 5.95 Å². The summed E-state index contributed by atoms with van der Waals surface area (Å²) < 4.78 is 36.6. The third-order valence-corrected chi connectivity index (χ3v) is 1.64. The molecule has 0 unspecified atom stereocenters. The molecule has 0 aromatic rings. The van der Waals surface area contributed by atoms with E-state index in [1.807, 2.05) is 0 Å². The first-order valence-corrected chi connectivity index (χ1v) is 3.69. The molecule has 1 rings (SSSR count).